The SMILES string of the molecule is COc1ccccc1OC(=O)c1ccc(Cl)c([N+](=O)[O-])c1. The van der Waals surface area contributed by atoms with Gasteiger partial charge in [0.15, 0.2) is 11.5 Å². The van der Waals surface area contributed by atoms with E-state index < -0.39 is 10.9 Å². The fourth-order valence-electron chi connectivity index (χ4n) is 1.64. The van der Waals surface area contributed by atoms with Crippen molar-refractivity contribution in [3.05, 3.63) is 63.2 Å². The van der Waals surface area contributed by atoms with Gasteiger partial charge in [0, 0.05) is 6.07 Å². The van der Waals surface area contributed by atoms with Gasteiger partial charge in [-0.2, -0.15) is 0 Å². The summed E-state index contributed by atoms with van der Waals surface area (Å²) in [7, 11) is 1.44. The Kier molecular flexibility index (Phi) is 4.39. The maximum atomic E-state index is 12.0. The highest BCUT2D eigenvalue weighted by atomic mass is 35.5. The lowest BCUT2D eigenvalue weighted by Crippen LogP contribution is -2.09. The van der Waals surface area contributed by atoms with E-state index in [9.17, 15) is 14.9 Å². The third kappa shape index (κ3) is 3.29. The first-order valence-corrected chi connectivity index (χ1v) is 6.20. The number of nitrogens with zero attached hydrogens (tertiary/aromatic N) is 1. The van der Waals surface area contributed by atoms with Crippen LogP contribution in [0.3, 0.4) is 0 Å². The van der Waals surface area contributed by atoms with Crippen LogP contribution in [0.5, 0.6) is 11.5 Å². The molecule has 0 fully saturated rings. The summed E-state index contributed by atoms with van der Waals surface area (Å²) in [6, 6.07) is 10.3. The van der Waals surface area contributed by atoms with Gasteiger partial charge in [-0.3, -0.25) is 10.1 Å². The predicted octanol–water partition coefficient (Wildman–Crippen LogP) is 3.48. The second-order valence-electron chi connectivity index (χ2n) is 3.96. The molecule has 0 N–H and O–H groups in total. The Bertz CT molecular complexity index is 702. The van der Waals surface area contributed by atoms with Gasteiger partial charge in [-0.15, -0.1) is 0 Å². The van der Waals surface area contributed by atoms with Crippen LogP contribution < -0.4 is 9.47 Å². The molecule has 6 nitrogen and oxygen atoms in total. The van der Waals surface area contributed by atoms with Gasteiger partial charge in [0.1, 0.15) is 5.02 Å². The van der Waals surface area contributed by atoms with Crippen LogP contribution >= 0.6 is 11.6 Å². The average Bonchev–Trinajstić information content (AvgIpc) is 2.47. The van der Waals surface area contributed by atoms with Crippen LogP contribution in [0.1, 0.15) is 10.4 Å². The van der Waals surface area contributed by atoms with Gasteiger partial charge in [-0.05, 0) is 24.3 Å². The smallest absolute Gasteiger partial charge is 0.343 e. The first kappa shape index (κ1) is 14.8. The second-order valence-corrected chi connectivity index (χ2v) is 4.37. The van der Waals surface area contributed by atoms with Gasteiger partial charge in [0.25, 0.3) is 5.69 Å². The number of carbonyl (C=O) groups excluding carboxylic acids is 1. The molecule has 7 heteroatoms. The van der Waals surface area contributed by atoms with Crippen molar-refractivity contribution in [1.82, 2.24) is 0 Å². The molecule has 0 aromatic heterocycles. The third-order valence-corrected chi connectivity index (χ3v) is 2.97. The lowest BCUT2D eigenvalue weighted by Gasteiger charge is -2.08. The van der Waals surface area contributed by atoms with E-state index in [4.69, 9.17) is 21.1 Å². The van der Waals surface area contributed by atoms with Gasteiger partial charge >= 0.3 is 5.97 Å². The lowest BCUT2D eigenvalue weighted by atomic mass is 10.2. The number of para-hydroxylation sites is 2. The molecule has 2 aromatic carbocycles. The molecule has 0 aliphatic carbocycles. The summed E-state index contributed by atoms with van der Waals surface area (Å²) in [5.74, 6) is -0.129. The zero-order valence-corrected chi connectivity index (χ0v) is 11.7. The number of nitro benzene ring substituents is 1. The van der Waals surface area contributed by atoms with E-state index in [1.807, 2.05) is 0 Å². The van der Waals surface area contributed by atoms with Gasteiger partial charge in [-0.1, -0.05) is 23.7 Å². The molecule has 0 saturated heterocycles. The van der Waals surface area contributed by atoms with Gasteiger partial charge in [0.05, 0.1) is 17.6 Å². The highest BCUT2D eigenvalue weighted by molar-refractivity contribution is 6.32. The molecular weight excluding hydrogens is 298 g/mol. The second kappa shape index (κ2) is 6.23. The van der Waals surface area contributed by atoms with E-state index in [1.165, 1.54) is 19.2 Å². The number of halogens is 1. The molecule has 0 unspecified atom stereocenters. The van der Waals surface area contributed by atoms with Gasteiger partial charge in [0.2, 0.25) is 0 Å². The fourth-order valence-corrected chi connectivity index (χ4v) is 1.83. The summed E-state index contributed by atoms with van der Waals surface area (Å²) < 4.78 is 10.2. The van der Waals surface area contributed by atoms with Gasteiger partial charge in [-0.25, -0.2) is 4.79 Å². The Labute approximate surface area is 125 Å². The van der Waals surface area contributed by atoms with Crippen molar-refractivity contribution in [3.8, 4) is 11.5 Å². The molecule has 0 saturated carbocycles. The molecule has 2 rings (SSSR count). The van der Waals surface area contributed by atoms with E-state index in [2.05, 4.69) is 0 Å². The van der Waals surface area contributed by atoms with Gasteiger partial charge < -0.3 is 9.47 Å². The number of carbonyl (C=O) groups is 1. The summed E-state index contributed by atoms with van der Waals surface area (Å²) in [6.45, 7) is 0. The summed E-state index contributed by atoms with van der Waals surface area (Å²) >= 11 is 5.69. The Balaban J connectivity index is 2.29. The summed E-state index contributed by atoms with van der Waals surface area (Å²) in [5.41, 5.74) is -0.330. The largest absolute Gasteiger partial charge is 0.493 e. The van der Waals surface area contributed by atoms with Crippen LogP contribution in [0, 0.1) is 10.1 Å². The van der Waals surface area contributed by atoms with Crippen molar-refractivity contribution in [1.29, 1.82) is 0 Å². The van der Waals surface area contributed by atoms with Crippen LogP contribution in [0.25, 0.3) is 0 Å². The van der Waals surface area contributed by atoms with Crippen LogP contribution in [0.2, 0.25) is 5.02 Å². The first-order valence-electron chi connectivity index (χ1n) is 5.82. The highest BCUT2D eigenvalue weighted by Gasteiger charge is 2.18. The predicted molar refractivity (Wildman–Crippen MR) is 76.1 cm³/mol. The van der Waals surface area contributed by atoms with E-state index in [-0.39, 0.29) is 22.0 Å². The van der Waals surface area contributed by atoms with Crippen molar-refractivity contribution < 1.29 is 19.2 Å². The van der Waals surface area contributed by atoms with E-state index in [0.717, 1.165) is 6.07 Å². The molecule has 0 aliphatic rings. The lowest BCUT2D eigenvalue weighted by molar-refractivity contribution is -0.384. The third-order valence-electron chi connectivity index (χ3n) is 2.65. The molecule has 0 bridgehead atoms. The Morgan fingerprint density at radius 2 is 1.86 bits per heavy atom. The standard InChI is InChI=1S/C14H10ClNO5/c1-20-12-4-2-3-5-13(12)21-14(17)9-6-7-10(15)11(8-9)16(18)19/h2-8H,1H3. The first-order chi connectivity index (χ1) is 10.0. The number of methoxy groups -OCH3 is 1. The molecular formula is C14H10ClNO5. The summed E-state index contributed by atoms with van der Waals surface area (Å²) in [4.78, 5) is 22.2. The van der Waals surface area contributed by atoms with Crippen molar-refractivity contribution >= 4 is 23.3 Å². The van der Waals surface area contributed by atoms with Crippen LogP contribution in [0.4, 0.5) is 5.69 Å². The van der Waals surface area contributed by atoms with Crippen LogP contribution in [0.15, 0.2) is 42.5 Å². The fraction of sp³-hybridized carbons (Fsp3) is 0.0714. The molecule has 21 heavy (non-hydrogen) atoms. The zero-order chi connectivity index (χ0) is 15.4. The quantitative estimate of drug-likeness (QED) is 0.374. The number of hydrogen-bond acceptors (Lipinski definition) is 5. The van der Waals surface area contributed by atoms with E-state index >= 15 is 0 Å². The van der Waals surface area contributed by atoms with E-state index in [0.29, 0.717) is 5.75 Å². The van der Waals surface area contributed by atoms with Crippen LogP contribution in [-0.4, -0.2) is 18.0 Å². The number of benzene rings is 2. The van der Waals surface area contributed by atoms with Crippen LogP contribution in [-0.2, 0) is 0 Å². The minimum Gasteiger partial charge on any atom is -0.493 e. The highest BCUT2D eigenvalue weighted by Crippen LogP contribution is 2.28. The molecule has 108 valence electrons. The number of rotatable bonds is 4. The maximum absolute atomic E-state index is 12.0. The molecule has 0 amide bonds. The Hall–Kier alpha value is -2.60. The van der Waals surface area contributed by atoms with Crippen molar-refractivity contribution in [2.24, 2.45) is 0 Å². The zero-order valence-electron chi connectivity index (χ0n) is 10.9. The molecule has 0 heterocycles. The van der Waals surface area contributed by atoms with Crippen molar-refractivity contribution in [2.75, 3.05) is 7.11 Å². The number of nitro groups is 1. The summed E-state index contributed by atoms with van der Waals surface area (Å²) in [5, 5.41) is 10.8. The van der Waals surface area contributed by atoms with Crippen molar-refractivity contribution in [3.63, 3.8) is 0 Å². The van der Waals surface area contributed by atoms with E-state index in [1.54, 1.807) is 24.3 Å². The summed E-state index contributed by atoms with van der Waals surface area (Å²) in [6.07, 6.45) is 0. The molecule has 0 radical (unpaired) electrons. The minimum absolute atomic E-state index is 0.0250. The average molecular weight is 308 g/mol. The Morgan fingerprint density at radius 3 is 2.48 bits per heavy atom. The maximum Gasteiger partial charge on any atom is 0.343 e. The monoisotopic (exact) mass is 307 g/mol. The number of ether oxygens (including phenoxy) is 2. The number of esters is 1. The minimum atomic E-state index is -0.737. The molecule has 0 atom stereocenters. The normalized spacial score (nSPS) is 10.0. The molecule has 0 spiro atoms. The topological polar surface area (TPSA) is 78.7 Å². The Morgan fingerprint density at radius 1 is 1.19 bits per heavy atom. The number of hydrogen-bond donors (Lipinski definition) is 0. The molecule has 2 aromatic rings. The molecule has 0 aliphatic heterocycles. The van der Waals surface area contributed by atoms with Crippen molar-refractivity contribution in [2.45, 2.75) is 0 Å².